The molecule has 0 aromatic rings. The molecule has 3 rings (SSSR count). The van der Waals surface area contributed by atoms with Crippen molar-refractivity contribution in [3.8, 4) is 0 Å². The second kappa shape index (κ2) is 19.7. The monoisotopic (exact) mass is 1440 g/mol. The molecule has 0 aliphatic carbocycles. The second-order valence-corrected chi connectivity index (χ2v) is 9.37. The number of halogens is 3. The van der Waals surface area contributed by atoms with Gasteiger partial charge in [0, 0.05) is 181 Å². The number of nitrogens with zero attached hydrogens (tertiary/aromatic N) is 3. The van der Waals surface area contributed by atoms with E-state index in [9.17, 15) is 25.2 Å². The Morgan fingerprint density at radius 3 is 2.05 bits per heavy atom. The van der Waals surface area contributed by atoms with Gasteiger partial charge >= 0.3 is 6.16 Å². The molecule has 0 saturated carbocycles. The number of azide groups is 1. The van der Waals surface area contributed by atoms with Crippen LogP contribution in [0.4, 0.5) is 4.79 Å². The Morgan fingerprint density at radius 2 is 1.54 bits per heavy atom. The third-order valence-corrected chi connectivity index (χ3v) is 5.56. The number of aliphatic hydroxyl groups is 4. The number of nitrogens with one attached hydrogen (secondary N) is 1. The zero-order valence-electron chi connectivity index (χ0n) is 18.6. The first-order chi connectivity index (χ1) is 15.5. The van der Waals surface area contributed by atoms with Gasteiger partial charge < -0.3 is 48.8 Å². The van der Waals surface area contributed by atoms with Crippen LogP contribution in [-0.4, -0.2) is 111 Å². The van der Waals surface area contributed by atoms with E-state index in [0.29, 0.717) is 0 Å². The van der Waals surface area contributed by atoms with Crippen LogP contribution < -0.4 is 0 Å². The molecule has 3 aliphatic rings. The molecule has 22 heteroatoms. The predicted molar refractivity (Wildman–Crippen MR) is 106 cm³/mol. The number of fused-ring (bicyclic) bond motifs is 1. The van der Waals surface area contributed by atoms with Crippen molar-refractivity contribution in [3.05, 3.63) is 10.4 Å². The number of hydrogen-bond donors (Lipinski definition) is 5. The van der Waals surface area contributed by atoms with Crippen molar-refractivity contribution in [3.63, 3.8) is 0 Å². The van der Waals surface area contributed by atoms with E-state index in [1.165, 1.54) is 0 Å². The predicted octanol–water partition coefficient (Wildman–Crippen LogP) is -0.525. The molecule has 6 unspecified atom stereocenters. The SMILES string of the molecule is [Ac].[Ac].[Ac].[Ac].[N-]=[N+]=NC1[C@H](OC(=N)C(Cl)(Cl)Cl)OC(CO)C(O)[C@@H]1O[C@@H]1OC(CO)C2OC(=O)O[C@@H]2C1O. The Morgan fingerprint density at radius 1 is 1.00 bits per heavy atom. The van der Waals surface area contributed by atoms with E-state index in [4.69, 9.17) is 74.2 Å². The van der Waals surface area contributed by atoms with Crippen molar-refractivity contribution in [1.29, 1.82) is 5.41 Å². The van der Waals surface area contributed by atoms with E-state index in [2.05, 4.69) is 10.0 Å². The number of rotatable bonds is 6. The third kappa shape index (κ3) is 11.1. The van der Waals surface area contributed by atoms with E-state index in [1.54, 1.807) is 0 Å². The summed E-state index contributed by atoms with van der Waals surface area (Å²) in [5.74, 6) is -0.922. The van der Waals surface area contributed by atoms with Crippen molar-refractivity contribution in [1.82, 2.24) is 0 Å². The number of alkyl halides is 3. The molecule has 0 aromatic heterocycles. The Bertz CT molecular complexity index is 816. The van der Waals surface area contributed by atoms with Gasteiger partial charge in [-0.3, -0.25) is 5.41 Å². The van der Waals surface area contributed by atoms with Crippen LogP contribution in [0.5, 0.6) is 0 Å². The molecule has 37 heavy (non-hydrogen) atoms. The minimum Gasteiger partial charge on any atom is -0.448 e. The maximum absolute atomic E-state index is 11.5. The number of aliphatic hydroxyl groups excluding tert-OH is 4. The fourth-order valence-corrected chi connectivity index (χ4v) is 3.64. The van der Waals surface area contributed by atoms with Gasteiger partial charge in [-0.1, -0.05) is 39.9 Å². The summed E-state index contributed by atoms with van der Waals surface area (Å²) in [6.45, 7) is -1.42. The summed E-state index contributed by atoms with van der Waals surface area (Å²) in [6, 6.07) is -1.55. The van der Waals surface area contributed by atoms with Gasteiger partial charge in [-0.2, -0.15) is 0 Å². The van der Waals surface area contributed by atoms with Crippen LogP contribution in [0.3, 0.4) is 0 Å². The fraction of sp³-hybridized carbons (Fsp3) is 0.867. The Hall–Kier alpha value is 4.41. The zero-order chi connectivity index (χ0) is 24.5. The fourth-order valence-electron chi connectivity index (χ4n) is 3.51. The summed E-state index contributed by atoms with van der Waals surface area (Å²) < 4.78 is 29.0. The van der Waals surface area contributed by atoms with Crippen LogP contribution in [0.2, 0.25) is 0 Å². The van der Waals surface area contributed by atoms with Gasteiger partial charge in [-0.25, -0.2) is 4.79 Å². The largest absolute Gasteiger partial charge is 0.509 e. The van der Waals surface area contributed by atoms with Gasteiger partial charge in [0.1, 0.15) is 36.6 Å². The van der Waals surface area contributed by atoms with E-state index < -0.39 is 90.4 Å². The van der Waals surface area contributed by atoms with Crippen LogP contribution >= 0.6 is 34.8 Å². The second-order valence-electron chi connectivity index (χ2n) is 7.09. The van der Waals surface area contributed by atoms with Crippen LogP contribution in [0.15, 0.2) is 5.11 Å². The van der Waals surface area contributed by atoms with Crippen molar-refractivity contribution >= 4 is 46.9 Å². The van der Waals surface area contributed by atoms with Gasteiger partial charge in [0.25, 0.3) is 3.79 Å². The molecule has 4 radical (unpaired) electrons. The molecule has 3 saturated heterocycles. The molecule has 10 atom stereocenters. The number of hydrogen-bond acceptors (Lipinski definition) is 13. The van der Waals surface area contributed by atoms with E-state index in [0.717, 1.165) is 0 Å². The van der Waals surface area contributed by atoms with E-state index >= 15 is 0 Å². The molecule has 0 aromatic carbocycles. The van der Waals surface area contributed by atoms with Gasteiger partial charge in [0.05, 0.1) is 13.2 Å². The summed E-state index contributed by atoms with van der Waals surface area (Å²) in [5, 5.41) is 51.5. The first-order valence-corrected chi connectivity index (χ1v) is 10.4. The molecule has 0 bridgehead atoms. The normalized spacial score (nSPS) is 36.4. The molecule has 5 N–H and O–H groups in total. The van der Waals surface area contributed by atoms with Gasteiger partial charge in [0.2, 0.25) is 12.2 Å². The van der Waals surface area contributed by atoms with Crippen LogP contribution in [0, 0.1) is 182 Å². The quantitative estimate of drug-likeness (QED) is 0.0433. The minimum atomic E-state index is -2.32. The molecule has 3 aliphatic heterocycles. The summed E-state index contributed by atoms with van der Waals surface area (Å²) in [5.41, 5.74) is 8.99. The number of carbonyl (C=O) groups excluding carboxylic acids is 1. The average Bonchev–Trinajstić information content (AvgIpc) is 3.15. The smallest absolute Gasteiger partial charge is 0.448 e. The summed E-state index contributed by atoms with van der Waals surface area (Å²) >= 11 is 16.8. The maximum atomic E-state index is 11.5. The summed E-state index contributed by atoms with van der Waals surface area (Å²) in [6.07, 6.45) is -14.3. The van der Waals surface area contributed by atoms with Crippen molar-refractivity contribution in [2.45, 2.75) is 65.1 Å². The number of carbonyl (C=O) groups is 1. The molecule has 0 spiro atoms. The van der Waals surface area contributed by atoms with Crippen molar-refractivity contribution < 1.29 is 230 Å². The molecule has 198 valence electrons. The zero-order valence-corrected chi connectivity index (χ0v) is 39.9. The van der Waals surface area contributed by atoms with Crippen LogP contribution in [0.1, 0.15) is 0 Å². The van der Waals surface area contributed by atoms with Crippen LogP contribution in [0.25, 0.3) is 10.4 Å². The van der Waals surface area contributed by atoms with Crippen molar-refractivity contribution in [2.24, 2.45) is 5.11 Å². The molecular formula is C15H19Ac4Cl3N4O11. The van der Waals surface area contributed by atoms with Gasteiger partial charge in [-0.15, -0.1) is 0 Å². The first kappa shape index (κ1) is 43.5. The van der Waals surface area contributed by atoms with E-state index in [-0.39, 0.29) is 176 Å². The van der Waals surface area contributed by atoms with Crippen LogP contribution in [-0.2, 0) is 28.4 Å². The van der Waals surface area contributed by atoms with Gasteiger partial charge in [0.15, 0.2) is 18.5 Å². The summed E-state index contributed by atoms with van der Waals surface area (Å²) in [4.78, 5) is 14.1. The molecule has 15 nitrogen and oxygen atoms in total. The average molecular weight is 1450 g/mol. The minimum absolute atomic E-state index is 0. The molecule has 0 amide bonds. The molecule has 3 heterocycles. The third-order valence-electron chi connectivity index (χ3n) is 5.05. The van der Waals surface area contributed by atoms with E-state index in [1.807, 2.05) is 0 Å². The first-order valence-electron chi connectivity index (χ1n) is 9.29. The molecular weight excluding hydrogens is 1430 g/mol. The Labute approximate surface area is 368 Å². The molecule has 3 fully saturated rings. The maximum Gasteiger partial charge on any atom is 0.509 e. The summed E-state index contributed by atoms with van der Waals surface area (Å²) in [7, 11) is 0. The Balaban J connectivity index is 0. The van der Waals surface area contributed by atoms with Crippen molar-refractivity contribution in [2.75, 3.05) is 13.2 Å². The Kier molecular flexibility index (Phi) is 23.2. The number of ether oxygens (including phenoxy) is 6. The standard InChI is InChI=1S/C15H19Cl3N4O11.4Ac/c16-15(17,18)13(19)33-11-5(21-22-20)9(6(25)3(1-23)28-11)30-12-7(26)10-8(4(2-24)29-12)31-14(27)32-10;;;;/h3-12,19,23-26H,1-2H2;;;;/t3?,4?,5?,6?,7?,8?,9-,10-,11+,12+;;;;/m1..../s1. The topological polar surface area (TPSA) is 226 Å². The van der Waals surface area contributed by atoms with Gasteiger partial charge in [-0.05, 0) is 5.53 Å².